The number of nitrogens with zero attached hydrogens (tertiary/aromatic N) is 1. The topological polar surface area (TPSA) is 66.5 Å². The minimum atomic E-state index is -3.68. The first-order valence-corrected chi connectivity index (χ1v) is 7.04. The van der Waals surface area contributed by atoms with Crippen LogP contribution in [0.1, 0.15) is 5.56 Å². The van der Waals surface area contributed by atoms with Crippen molar-refractivity contribution < 1.29 is 13.2 Å². The van der Waals surface area contributed by atoms with Crippen LogP contribution >= 0.6 is 11.6 Å². The Morgan fingerprint density at radius 3 is 2.56 bits per heavy atom. The molecule has 1 aromatic carbocycles. The maximum absolute atomic E-state index is 12.2. The van der Waals surface area contributed by atoms with E-state index in [0.29, 0.717) is 10.6 Å². The van der Waals surface area contributed by atoms with Gasteiger partial charge in [-0.1, -0.05) is 11.6 Å². The highest BCUT2D eigenvalue weighted by Crippen LogP contribution is 2.22. The van der Waals surface area contributed by atoms with E-state index in [4.69, 9.17) is 11.6 Å². The van der Waals surface area contributed by atoms with Gasteiger partial charge in [-0.15, -0.1) is 0 Å². The van der Waals surface area contributed by atoms with Gasteiger partial charge in [0.25, 0.3) is 0 Å². The minimum absolute atomic E-state index is 0.151. The summed E-state index contributed by atoms with van der Waals surface area (Å²) in [5.74, 6) is -0.368. The van der Waals surface area contributed by atoms with E-state index in [1.54, 1.807) is 13.0 Å². The summed E-state index contributed by atoms with van der Waals surface area (Å²) in [6, 6.07) is 4.52. The largest absolute Gasteiger partial charge is 0.358 e. The lowest BCUT2D eigenvalue weighted by atomic mass is 10.2. The number of hydrogen-bond acceptors (Lipinski definition) is 3. The van der Waals surface area contributed by atoms with Gasteiger partial charge in [0.05, 0.1) is 11.4 Å². The Balaban J connectivity index is 3.09. The SMILES string of the molecule is CNC(=O)CN(C)S(=O)(=O)c1ccc(Cl)cc1C. The van der Waals surface area contributed by atoms with E-state index in [-0.39, 0.29) is 17.3 Å². The average Bonchev–Trinajstić information content (AvgIpc) is 2.28. The number of halogens is 1. The average molecular weight is 291 g/mol. The van der Waals surface area contributed by atoms with Crippen molar-refractivity contribution in [3.63, 3.8) is 0 Å². The number of carbonyl (C=O) groups excluding carboxylic acids is 1. The van der Waals surface area contributed by atoms with Crippen molar-refractivity contribution in [3.05, 3.63) is 28.8 Å². The normalized spacial score (nSPS) is 11.6. The molecule has 0 saturated heterocycles. The third-order valence-electron chi connectivity index (χ3n) is 2.47. The van der Waals surface area contributed by atoms with E-state index < -0.39 is 10.0 Å². The molecule has 0 aliphatic rings. The van der Waals surface area contributed by atoms with E-state index in [9.17, 15) is 13.2 Å². The number of likely N-dealkylation sites (N-methyl/N-ethyl adjacent to an activating group) is 2. The summed E-state index contributed by atoms with van der Waals surface area (Å²) in [5, 5.41) is 2.85. The number of rotatable bonds is 4. The third-order valence-corrected chi connectivity index (χ3v) is 4.67. The van der Waals surface area contributed by atoms with Gasteiger partial charge in [-0.2, -0.15) is 4.31 Å². The van der Waals surface area contributed by atoms with Gasteiger partial charge in [0.2, 0.25) is 15.9 Å². The Hall–Kier alpha value is -1.11. The van der Waals surface area contributed by atoms with Crippen LogP contribution < -0.4 is 5.32 Å². The first-order chi connectivity index (χ1) is 8.28. The first-order valence-electron chi connectivity index (χ1n) is 5.22. The molecule has 1 rings (SSSR count). The lowest BCUT2D eigenvalue weighted by Crippen LogP contribution is -2.37. The lowest BCUT2D eigenvalue weighted by Gasteiger charge is -2.17. The Bertz CT molecular complexity index is 557. The highest BCUT2D eigenvalue weighted by Gasteiger charge is 2.24. The molecule has 1 amide bonds. The quantitative estimate of drug-likeness (QED) is 0.900. The molecule has 0 aromatic heterocycles. The van der Waals surface area contributed by atoms with E-state index >= 15 is 0 Å². The number of amides is 1. The van der Waals surface area contributed by atoms with Crippen LogP contribution in [0.25, 0.3) is 0 Å². The monoisotopic (exact) mass is 290 g/mol. The van der Waals surface area contributed by atoms with E-state index in [0.717, 1.165) is 4.31 Å². The maximum Gasteiger partial charge on any atom is 0.243 e. The molecule has 100 valence electrons. The summed E-state index contributed by atoms with van der Waals surface area (Å²) in [6.07, 6.45) is 0. The van der Waals surface area contributed by atoms with Crippen LogP contribution in [0, 0.1) is 6.92 Å². The van der Waals surface area contributed by atoms with Crippen molar-refractivity contribution >= 4 is 27.5 Å². The van der Waals surface area contributed by atoms with Crippen molar-refractivity contribution in [2.45, 2.75) is 11.8 Å². The molecular formula is C11H15ClN2O3S. The second kappa shape index (κ2) is 5.69. The highest BCUT2D eigenvalue weighted by molar-refractivity contribution is 7.89. The Morgan fingerprint density at radius 1 is 1.44 bits per heavy atom. The highest BCUT2D eigenvalue weighted by atomic mass is 35.5. The zero-order valence-corrected chi connectivity index (χ0v) is 12.0. The van der Waals surface area contributed by atoms with Crippen molar-refractivity contribution in [1.29, 1.82) is 0 Å². The molecule has 5 nitrogen and oxygen atoms in total. The van der Waals surface area contributed by atoms with Crippen LogP contribution in [-0.4, -0.2) is 39.3 Å². The van der Waals surface area contributed by atoms with Gasteiger partial charge < -0.3 is 5.32 Å². The molecule has 0 aliphatic carbocycles. The first kappa shape index (κ1) is 14.9. The van der Waals surface area contributed by atoms with Crippen molar-refractivity contribution in [2.24, 2.45) is 0 Å². The van der Waals surface area contributed by atoms with Gasteiger partial charge in [-0.05, 0) is 30.7 Å². The van der Waals surface area contributed by atoms with Crippen molar-refractivity contribution in [3.8, 4) is 0 Å². The van der Waals surface area contributed by atoms with Crippen LogP contribution in [0.15, 0.2) is 23.1 Å². The number of sulfonamides is 1. The smallest absolute Gasteiger partial charge is 0.243 e. The molecule has 0 atom stereocenters. The van der Waals surface area contributed by atoms with Gasteiger partial charge in [0.1, 0.15) is 0 Å². The number of hydrogen-bond donors (Lipinski definition) is 1. The predicted octanol–water partition coefficient (Wildman–Crippen LogP) is 1.01. The molecule has 0 fully saturated rings. The van der Waals surface area contributed by atoms with Gasteiger partial charge in [0.15, 0.2) is 0 Å². The van der Waals surface area contributed by atoms with Gasteiger partial charge in [-0.3, -0.25) is 4.79 Å². The summed E-state index contributed by atoms with van der Waals surface area (Å²) >= 11 is 5.78. The second-order valence-electron chi connectivity index (χ2n) is 3.84. The fourth-order valence-corrected chi connectivity index (χ4v) is 2.99. The summed E-state index contributed by atoms with van der Waals surface area (Å²) < 4.78 is 25.4. The molecule has 0 radical (unpaired) electrons. The molecule has 18 heavy (non-hydrogen) atoms. The van der Waals surface area contributed by atoms with Gasteiger partial charge in [-0.25, -0.2) is 8.42 Å². The summed E-state index contributed by atoms with van der Waals surface area (Å²) in [7, 11) is -0.863. The number of nitrogens with one attached hydrogen (secondary N) is 1. The molecule has 0 unspecified atom stereocenters. The van der Waals surface area contributed by atoms with Crippen LogP contribution in [0.5, 0.6) is 0 Å². The van der Waals surface area contributed by atoms with Crippen molar-refractivity contribution in [2.75, 3.05) is 20.6 Å². The molecule has 0 spiro atoms. The Kier molecular flexibility index (Phi) is 4.72. The molecule has 7 heteroatoms. The fraction of sp³-hybridized carbons (Fsp3) is 0.364. The Labute approximate surface area is 112 Å². The number of carbonyl (C=O) groups is 1. The zero-order chi connectivity index (χ0) is 13.9. The van der Waals surface area contributed by atoms with Gasteiger partial charge >= 0.3 is 0 Å². The van der Waals surface area contributed by atoms with E-state index in [1.165, 1.54) is 26.2 Å². The van der Waals surface area contributed by atoms with E-state index in [1.807, 2.05) is 0 Å². The number of benzene rings is 1. The van der Waals surface area contributed by atoms with Gasteiger partial charge in [0, 0.05) is 19.1 Å². The summed E-state index contributed by atoms with van der Waals surface area (Å²) in [5.41, 5.74) is 0.547. The summed E-state index contributed by atoms with van der Waals surface area (Å²) in [6.45, 7) is 1.44. The summed E-state index contributed by atoms with van der Waals surface area (Å²) in [4.78, 5) is 11.4. The van der Waals surface area contributed by atoms with Crippen LogP contribution in [0.3, 0.4) is 0 Å². The lowest BCUT2D eigenvalue weighted by molar-refractivity contribution is -0.120. The van der Waals surface area contributed by atoms with Crippen LogP contribution in [0.4, 0.5) is 0 Å². The molecule has 0 aliphatic heterocycles. The standard InChI is InChI=1S/C11H15ClN2O3S/c1-8-6-9(12)4-5-10(8)18(16,17)14(3)7-11(15)13-2/h4-6H,7H2,1-3H3,(H,13,15). The minimum Gasteiger partial charge on any atom is -0.358 e. The second-order valence-corrected chi connectivity index (χ2v) is 6.29. The van der Waals surface area contributed by atoms with Crippen LogP contribution in [-0.2, 0) is 14.8 Å². The molecule has 0 heterocycles. The van der Waals surface area contributed by atoms with E-state index in [2.05, 4.69) is 5.32 Å². The van der Waals surface area contributed by atoms with Crippen molar-refractivity contribution in [1.82, 2.24) is 9.62 Å². The molecular weight excluding hydrogens is 276 g/mol. The Morgan fingerprint density at radius 2 is 2.06 bits per heavy atom. The zero-order valence-electron chi connectivity index (χ0n) is 10.4. The molecule has 0 saturated carbocycles. The third kappa shape index (κ3) is 3.22. The fourth-order valence-electron chi connectivity index (χ4n) is 1.44. The van der Waals surface area contributed by atoms with Crippen LogP contribution in [0.2, 0.25) is 5.02 Å². The molecule has 1 N–H and O–H groups in total. The molecule has 1 aromatic rings. The predicted molar refractivity (Wildman–Crippen MR) is 70.1 cm³/mol. The molecule has 0 bridgehead atoms. The number of aryl methyl sites for hydroxylation is 1. The maximum atomic E-state index is 12.2.